The molecule has 0 radical (unpaired) electrons. The van der Waals surface area contributed by atoms with Crippen LogP contribution < -0.4 is 10.6 Å². The molecule has 2 heterocycles. The van der Waals surface area contributed by atoms with E-state index in [0.29, 0.717) is 27.3 Å². The summed E-state index contributed by atoms with van der Waals surface area (Å²) in [7, 11) is 0. The lowest BCUT2D eigenvalue weighted by Crippen LogP contribution is -2.30. The van der Waals surface area contributed by atoms with Crippen LogP contribution in [0, 0.1) is 11.8 Å². The fraction of sp³-hybridized carbons (Fsp3) is 0.476. The number of nitrogens with one attached hydrogen (secondary N) is 2. The minimum atomic E-state index is -0.199. The summed E-state index contributed by atoms with van der Waals surface area (Å²) >= 11 is 7.38. The lowest BCUT2D eigenvalue weighted by molar-refractivity contribution is -0.122. The van der Waals surface area contributed by atoms with Gasteiger partial charge in [-0.1, -0.05) is 31.4 Å². The van der Waals surface area contributed by atoms with Crippen LogP contribution >= 0.6 is 22.9 Å². The topological polar surface area (TPSA) is 71.1 Å². The Labute approximate surface area is 173 Å². The largest absolute Gasteiger partial charge is 0.320 e. The van der Waals surface area contributed by atoms with E-state index in [-0.39, 0.29) is 17.7 Å². The van der Waals surface area contributed by atoms with Gasteiger partial charge in [-0.3, -0.25) is 9.59 Å². The Morgan fingerprint density at radius 3 is 2.71 bits per heavy atom. The van der Waals surface area contributed by atoms with Crippen molar-refractivity contribution in [2.24, 2.45) is 11.8 Å². The second-order valence-electron chi connectivity index (χ2n) is 7.74. The molecule has 1 saturated carbocycles. The smallest absolute Gasteiger partial charge is 0.259 e. The molecule has 28 heavy (non-hydrogen) atoms. The van der Waals surface area contributed by atoms with Crippen molar-refractivity contribution in [3.63, 3.8) is 0 Å². The highest BCUT2D eigenvalue weighted by Crippen LogP contribution is 2.40. The average Bonchev–Trinajstić information content (AvgIpc) is 3.24. The van der Waals surface area contributed by atoms with Gasteiger partial charge in [0.15, 0.2) is 0 Å². The molecule has 0 spiro atoms. The van der Waals surface area contributed by atoms with Crippen molar-refractivity contribution in [2.45, 2.75) is 51.9 Å². The highest BCUT2D eigenvalue weighted by atomic mass is 35.5. The number of amides is 2. The van der Waals surface area contributed by atoms with E-state index in [1.54, 1.807) is 23.5 Å². The van der Waals surface area contributed by atoms with Gasteiger partial charge >= 0.3 is 0 Å². The number of nitrogens with zero attached hydrogens (tertiary/aromatic N) is 1. The van der Waals surface area contributed by atoms with Gasteiger partial charge in [-0.15, -0.1) is 11.3 Å². The summed E-state index contributed by atoms with van der Waals surface area (Å²) in [4.78, 5) is 31.2. The van der Waals surface area contributed by atoms with E-state index in [1.807, 2.05) is 0 Å². The van der Waals surface area contributed by atoms with E-state index < -0.39 is 0 Å². The lowest BCUT2D eigenvalue weighted by Gasteiger charge is -2.27. The maximum atomic E-state index is 13.0. The van der Waals surface area contributed by atoms with Crippen LogP contribution in [0.2, 0.25) is 5.15 Å². The van der Waals surface area contributed by atoms with Crippen molar-refractivity contribution in [3.8, 4) is 0 Å². The van der Waals surface area contributed by atoms with Crippen LogP contribution in [0.25, 0.3) is 0 Å². The van der Waals surface area contributed by atoms with Crippen LogP contribution in [0.4, 0.5) is 10.7 Å². The fourth-order valence-corrected chi connectivity index (χ4v) is 5.69. The summed E-state index contributed by atoms with van der Waals surface area (Å²) in [6.07, 6.45) is 8.75. The van der Waals surface area contributed by atoms with Gasteiger partial charge in [-0.05, 0) is 55.7 Å². The number of thiophene rings is 1. The number of halogens is 1. The zero-order valence-corrected chi connectivity index (χ0v) is 17.5. The van der Waals surface area contributed by atoms with Gasteiger partial charge in [0.05, 0.1) is 17.4 Å². The van der Waals surface area contributed by atoms with Crippen LogP contribution in [0.5, 0.6) is 0 Å². The highest BCUT2D eigenvalue weighted by molar-refractivity contribution is 7.17. The van der Waals surface area contributed by atoms with E-state index in [0.717, 1.165) is 44.1 Å². The van der Waals surface area contributed by atoms with Gasteiger partial charge in [0.2, 0.25) is 5.91 Å². The molecule has 0 saturated heterocycles. The number of fused-ring (bicyclic) bond motifs is 1. The van der Waals surface area contributed by atoms with E-state index in [9.17, 15) is 9.59 Å². The normalized spacial score (nSPS) is 21.2. The average molecular weight is 418 g/mol. The van der Waals surface area contributed by atoms with Crippen molar-refractivity contribution in [2.75, 3.05) is 10.6 Å². The Morgan fingerprint density at radius 1 is 1.14 bits per heavy atom. The number of carbonyl (C=O) groups is 2. The number of aryl methyl sites for hydroxylation is 1. The Hall–Kier alpha value is -1.92. The van der Waals surface area contributed by atoms with Gasteiger partial charge < -0.3 is 10.6 Å². The van der Waals surface area contributed by atoms with Crippen molar-refractivity contribution in [3.05, 3.63) is 39.5 Å². The number of rotatable bonds is 4. The van der Waals surface area contributed by atoms with Gasteiger partial charge in [-0.25, -0.2) is 4.98 Å². The van der Waals surface area contributed by atoms with Gasteiger partial charge in [0.25, 0.3) is 5.91 Å². The fourth-order valence-electron chi connectivity index (χ4n) is 4.29. The molecule has 0 aliphatic heterocycles. The van der Waals surface area contributed by atoms with Crippen LogP contribution in [-0.2, 0) is 17.6 Å². The number of hydrogen-bond acceptors (Lipinski definition) is 4. The molecule has 2 unspecified atom stereocenters. The first-order chi connectivity index (χ1) is 13.5. The molecule has 148 valence electrons. The molecule has 2 aliphatic rings. The first-order valence-electron chi connectivity index (χ1n) is 9.91. The van der Waals surface area contributed by atoms with Gasteiger partial charge in [0, 0.05) is 10.8 Å². The van der Waals surface area contributed by atoms with Crippen LogP contribution in [0.15, 0.2) is 18.3 Å². The summed E-state index contributed by atoms with van der Waals surface area (Å²) in [5.74, 6) is 0.268. The van der Waals surface area contributed by atoms with Crippen LogP contribution in [-0.4, -0.2) is 16.8 Å². The molecule has 2 aromatic rings. The van der Waals surface area contributed by atoms with Crippen molar-refractivity contribution in [1.82, 2.24) is 4.98 Å². The predicted octanol–water partition coefficient (Wildman–Crippen LogP) is 5.30. The third-order valence-electron chi connectivity index (χ3n) is 5.82. The summed E-state index contributed by atoms with van der Waals surface area (Å²) in [5.41, 5.74) is 2.28. The second-order valence-corrected chi connectivity index (χ2v) is 9.24. The lowest BCUT2D eigenvalue weighted by atomic mass is 9.80. The van der Waals surface area contributed by atoms with Crippen LogP contribution in [0.3, 0.4) is 0 Å². The van der Waals surface area contributed by atoms with Crippen molar-refractivity contribution < 1.29 is 9.59 Å². The molecule has 5 nitrogen and oxygen atoms in total. The molecule has 0 bridgehead atoms. The second kappa shape index (κ2) is 8.21. The molecular weight excluding hydrogens is 394 g/mol. The molecule has 2 atom stereocenters. The molecular formula is C21H24ClN3O2S. The molecule has 2 aromatic heterocycles. The van der Waals surface area contributed by atoms with E-state index in [2.05, 4.69) is 22.5 Å². The third kappa shape index (κ3) is 3.94. The van der Waals surface area contributed by atoms with Crippen molar-refractivity contribution >= 4 is 45.4 Å². The standard InChI is InChI=1S/C21H24ClN3O2S/c1-12-5-2-3-6-14(12)19(26)25-21-18(15-7-4-8-16(15)28-21)20(27)24-13-9-10-17(22)23-11-13/h9-12,14H,2-8H2,1H3,(H,24,27)(H,25,26). The summed E-state index contributed by atoms with van der Waals surface area (Å²) in [5, 5.41) is 7.06. The van der Waals surface area contributed by atoms with E-state index >= 15 is 0 Å². The molecule has 1 fully saturated rings. The number of pyridine rings is 1. The monoisotopic (exact) mass is 417 g/mol. The van der Waals surface area contributed by atoms with Crippen LogP contribution in [0.1, 0.15) is 59.8 Å². The van der Waals surface area contributed by atoms with Gasteiger partial charge in [-0.2, -0.15) is 0 Å². The Balaban J connectivity index is 1.57. The molecule has 2 aliphatic carbocycles. The first kappa shape index (κ1) is 19.4. The number of anilines is 2. The zero-order valence-electron chi connectivity index (χ0n) is 15.9. The molecule has 2 N–H and O–H groups in total. The van der Waals surface area contributed by atoms with E-state index in [4.69, 9.17) is 11.6 Å². The van der Waals surface area contributed by atoms with Gasteiger partial charge in [0.1, 0.15) is 10.2 Å². The SMILES string of the molecule is CC1CCCCC1C(=O)Nc1sc2c(c1C(=O)Nc1ccc(Cl)nc1)CCC2. The van der Waals surface area contributed by atoms with E-state index in [1.165, 1.54) is 17.5 Å². The maximum Gasteiger partial charge on any atom is 0.259 e. The highest BCUT2D eigenvalue weighted by Gasteiger charge is 2.31. The van der Waals surface area contributed by atoms with Crippen molar-refractivity contribution in [1.29, 1.82) is 0 Å². The molecule has 4 rings (SSSR count). The number of aromatic nitrogens is 1. The Morgan fingerprint density at radius 2 is 1.96 bits per heavy atom. The quantitative estimate of drug-likeness (QED) is 0.663. The molecule has 0 aromatic carbocycles. The minimum Gasteiger partial charge on any atom is -0.320 e. The minimum absolute atomic E-state index is 0.0297. The Kier molecular flexibility index (Phi) is 5.69. The predicted molar refractivity (Wildman–Crippen MR) is 113 cm³/mol. The number of carbonyl (C=O) groups excluding carboxylic acids is 2. The molecule has 2 amide bonds. The Bertz CT molecular complexity index is 894. The number of hydrogen-bond donors (Lipinski definition) is 2. The maximum absolute atomic E-state index is 13.0. The molecule has 7 heteroatoms. The first-order valence-corrected chi connectivity index (χ1v) is 11.1. The summed E-state index contributed by atoms with van der Waals surface area (Å²) in [6.45, 7) is 2.15. The summed E-state index contributed by atoms with van der Waals surface area (Å²) < 4.78 is 0. The third-order valence-corrected chi connectivity index (χ3v) is 7.25. The zero-order chi connectivity index (χ0) is 19.7. The summed E-state index contributed by atoms with van der Waals surface area (Å²) in [6, 6.07) is 3.37.